The van der Waals surface area contributed by atoms with E-state index in [2.05, 4.69) is 53.0 Å². The Kier molecular flexibility index (Phi) is 4.56. The third kappa shape index (κ3) is 3.11. The summed E-state index contributed by atoms with van der Waals surface area (Å²) in [5.41, 5.74) is 2.34. The van der Waals surface area contributed by atoms with Gasteiger partial charge in [0.2, 0.25) is 0 Å². The maximum absolute atomic E-state index is 4.77. The van der Waals surface area contributed by atoms with Crippen molar-refractivity contribution >= 4 is 11.0 Å². The maximum atomic E-state index is 4.77. The molecule has 1 aliphatic heterocycles. The van der Waals surface area contributed by atoms with Gasteiger partial charge in [-0.25, -0.2) is 4.98 Å². The van der Waals surface area contributed by atoms with E-state index in [1.165, 1.54) is 31.3 Å². The van der Waals surface area contributed by atoms with Gasteiger partial charge in [-0.1, -0.05) is 18.6 Å². The van der Waals surface area contributed by atoms with Crippen LogP contribution in [-0.4, -0.2) is 40.6 Å². The van der Waals surface area contributed by atoms with E-state index in [0.717, 1.165) is 31.0 Å². The van der Waals surface area contributed by atoms with E-state index < -0.39 is 0 Å². The number of likely N-dealkylation sites (N-methyl/N-ethyl adjacent to an activating group) is 1. The molecule has 2 aromatic rings. The van der Waals surface area contributed by atoms with Gasteiger partial charge >= 0.3 is 0 Å². The predicted octanol–water partition coefficient (Wildman–Crippen LogP) is 2.63. The molecule has 1 fully saturated rings. The second-order valence-corrected chi connectivity index (χ2v) is 6.02. The highest BCUT2D eigenvalue weighted by Crippen LogP contribution is 2.17. The zero-order valence-corrected chi connectivity index (χ0v) is 13.2. The van der Waals surface area contributed by atoms with Gasteiger partial charge in [0, 0.05) is 19.1 Å². The van der Waals surface area contributed by atoms with Crippen LogP contribution < -0.4 is 5.32 Å². The Morgan fingerprint density at radius 2 is 2.14 bits per heavy atom. The number of piperidine rings is 1. The molecule has 2 heterocycles. The Morgan fingerprint density at radius 3 is 2.95 bits per heavy atom. The number of hydrogen-bond donors (Lipinski definition) is 1. The van der Waals surface area contributed by atoms with Crippen molar-refractivity contribution in [3.05, 3.63) is 30.1 Å². The van der Waals surface area contributed by atoms with Gasteiger partial charge in [-0.3, -0.25) is 0 Å². The molecular formula is C17H26N4. The molecule has 1 aromatic carbocycles. The van der Waals surface area contributed by atoms with Gasteiger partial charge in [-0.2, -0.15) is 0 Å². The summed E-state index contributed by atoms with van der Waals surface area (Å²) >= 11 is 0. The fraction of sp³-hybridized carbons (Fsp3) is 0.588. The second kappa shape index (κ2) is 6.58. The van der Waals surface area contributed by atoms with E-state index in [9.17, 15) is 0 Å². The van der Waals surface area contributed by atoms with E-state index in [1.54, 1.807) is 0 Å². The number of aryl methyl sites for hydroxylation is 1. The lowest BCUT2D eigenvalue weighted by Gasteiger charge is -2.32. The summed E-state index contributed by atoms with van der Waals surface area (Å²) in [5.74, 6) is 1.15. The molecule has 1 aliphatic rings. The molecule has 0 bridgehead atoms. The van der Waals surface area contributed by atoms with Crippen LogP contribution in [0.5, 0.6) is 0 Å². The third-order valence-corrected chi connectivity index (χ3v) is 4.63. The first-order valence-electron chi connectivity index (χ1n) is 8.14. The molecule has 0 radical (unpaired) electrons. The summed E-state index contributed by atoms with van der Waals surface area (Å²) < 4.78 is 2.31. The van der Waals surface area contributed by atoms with Gasteiger partial charge in [0.1, 0.15) is 5.82 Å². The summed E-state index contributed by atoms with van der Waals surface area (Å²) in [6.45, 7) is 6.31. The van der Waals surface area contributed by atoms with E-state index in [0.29, 0.717) is 6.04 Å². The summed E-state index contributed by atoms with van der Waals surface area (Å²) in [6.07, 6.45) is 4.02. The van der Waals surface area contributed by atoms with Crippen LogP contribution in [-0.2, 0) is 13.1 Å². The number of nitrogens with one attached hydrogen (secondary N) is 1. The second-order valence-electron chi connectivity index (χ2n) is 6.02. The van der Waals surface area contributed by atoms with E-state index in [1.807, 2.05) is 0 Å². The molecule has 0 saturated carbocycles. The normalized spacial score (nSPS) is 20.2. The van der Waals surface area contributed by atoms with Gasteiger partial charge < -0.3 is 14.8 Å². The van der Waals surface area contributed by atoms with Crippen LogP contribution in [0.3, 0.4) is 0 Å². The summed E-state index contributed by atoms with van der Waals surface area (Å²) in [7, 11) is 2.24. The highest BCUT2D eigenvalue weighted by atomic mass is 15.2. The van der Waals surface area contributed by atoms with Crippen molar-refractivity contribution in [1.29, 1.82) is 0 Å². The van der Waals surface area contributed by atoms with E-state index >= 15 is 0 Å². The van der Waals surface area contributed by atoms with E-state index in [4.69, 9.17) is 4.98 Å². The minimum absolute atomic E-state index is 0.679. The van der Waals surface area contributed by atoms with Crippen molar-refractivity contribution in [1.82, 2.24) is 19.8 Å². The topological polar surface area (TPSA) is 33.1 Å². The number of rotatable bonds is 5. The number of likely N-dealkylation sites (tertiary alicyclic amines) is 1. The SMILES string of the molecule is CCn1c(CNCC2CCCCN2C)nc2ccccc21. The molecule has 0 aliphatic carbocycles. The van der Waals surface area contributed by atoms with Crippen molar-refractivity contribution in [2.24, 2.45) is 0 Å². The largest absolute Gasteiger partial charge is 0.327 e. The van der Waals surface area contributed by atoms with Crippen LogP contribution in [0.15, 0.2) is 24.3 Å². The van der Waals surface area contributed by atoms with Crippen molar-refractivity contribution in [2.45, 2.75) is 45.3 Å². The van der Waals surface area contributed by atoms with Crippen molar-refractivity contribution < 1.29 is 0 Å². The molecule has 114 valence electrons. The predicted molar refractivity (Wildman–Crippen MR) is 87.4 cm³/mol. The van der Waals surface area contributed by atoms with Crippen molar-refractivity contribution in [3.8, 4) is 0 Å². The molecular weight excluding hydrogens is 260 g/mol. The molecule has 0 spiro atoms. The molecule has 0 amide bonds. The van der Waals surface area contributed by atoms with Crippen LogP contribution >= 0.6 is 0 Å². The average Bonchev–Trinajstić information content (AvgIpc) is 2.86. The van der Waals surface area contributed by atoms with Gasteiger partial charge in [-0.05, 0) is 45.5 Å². The van der Waals surface area contributed by atoms with Gasteiger partial charge in [0.15, 0.2) is 0 Å². The zero-order valence-electron chi connectivity index (χ0n) is 13.2. The van der Waals surface area contributed by atoms with Gasteiger partial charge in [-0.15, -0.1) is 0 Å². The number of fused-ring (bicyclic) bond motifs is 1. The summed E-state index contributed by atoms with van der Waals surface area (Å²) in [4.78, 5) is 7.26. The van der Waals surface area contributed by atoms with E-state index in [-0.39, 0.29) is 0 Å². The van der Waals surface area contributed by atoms with Crippen molar-refractivity contribution in [2.75, 3.05) is 20.1 Å². The lowest BCUT2D eigenvalue weighted by molar-refractivity contribution is 0.181. The first-order valence-corrected chi connectivity index (χ1v) is 8.14. The minimum atomic E-state index is 0.679. The maximum Gasteiger partial charge on any atom is 0.123 e. The lowest BCUT2D eigenvalue weighted by Crippen LogP contribution is -2.43. The highest BCUT2D eigenvalue weighted by Gasteiger charge is 2.18. The first kappa shape index (κ1) is 14.5. The molecule has 1 aromatic heterocycles. The Hall–Kier alpha value is -1.39. The quantitative estimate of drug-likeness (QED) is 0.917. The fourth-order valence-corrected chi connectivity index (χ4v) is 3.37. The number of benzene rings is 1. The zero-order chi connectivity index (χ0) is 14.7. The third-order valence-electron chi connectivity index (χ3n) is 4.63. The molecule has 1 saturated heterocycles. The smallest absolute Gasteiger partial charge is 0.123 e. The fourth-order valence-electron chi connectivity index (χ4n) is 3.37. The number of hydrogen-bond acceptors (Lipinski definition) is 3. The molecule has 3 rings (SSSR count). The van der Waals surface area contributed by atoms with Crippen LogP contribution in [0.2, 0.25) is 0 Å². The summed E-state index contributed by atoms with van der Waals surface area (Å²) in [6, 6.07) is 9.08. The van der Waals surface area contributed by atoms with Gasteiger partial charge in [0.05, 0.1) is 17.6 Å². The van der Waals surface area contributed by atoms with Crippen LogP contribution in [0.1, 0.15) is 32.0 Å². The number of nitrogens with zero attached hydrogens (tertiary/aromatic N) is 3. The molecule has 1 atom stereocenters. The standard InChI is InChI=1S/C17H26N4/c1-3-21-16-10-5-4-9-15(16)19-17(21)13-18-12-14-8-6-7-11-20(14)2/h4-5,9-10,14,18H,3,6-8,11-13H2,1-2H3. The highest BCUT2D eigenvalue weighted by molar-refractivity contribution is 5.75. The Bertz CT molecular complexity index is 589. The Labute approximate surface area is 127 Å². The van der Waals surface area contributed by atoms with Gasteiger partial charge in [0.25, 0.3) is 0 Å². The molecule has 1 N–H and O–H groups in total. The van der Waals surface area contributed by atoms with Crippen molar-refractivity contribution in [3.63, 3.8) is 0 Å². The monoisotopic (exact) mass is 286 g/mol. The van der Waals surface area contributed by atoms with Crippen LogP contribution in [0.4, 0.5) is 0 Å². The molecule has 4 heteroatoms. The number of para-hydroxylation sites is 2. The lowest BCUT2D eigenvalue weighted by atomic mass is 10.0. The van der Waals surface area contributed by atoms with Crippen LogP contribution in [0.25, 0.3) is 11.0 Å². The minimum Gasteiger partial charge on any atom is -0.327 e. The molecule has 4 nitrogen and oxygen atoms in total. The Balaban J connectivity index is 1.65. The number of imidazole rings is 1. The average molecular weight is 286 g/mol. The number of aromatic nitrogens is 2. The summed E-state index contributed by atoms with van der Waals surface area (Å²) in [5, 5.41) is 3.61. The molecule has 21 heavy (non-hydrogen) atoms. The van der Waals surface area contributed by atoms with Crippen LogP contribution in [0, 0.1) is 0 Å². The Morgan fingerprint density at radius 1 is 1.29 bits per heavy atom. The molecule has 1 unspecified atom stereocenters. The first-order chi connectivity index (χ1) is 10.3.